The van der Waals surface area contributed by atoms with E-state index in [1.807, 2.05) is 73.7 Å². The molecule has 0 saturated carbocycles. The average molecular weight is 279 g/mol. The molecule has 0 spiro atoms. The number of ether oxygens (including phenoxy) is 1. The van der Waals surface area contributed by atoms with Gasteiger partial charge in [-0.3, -0.25) is 0 Å². The van der Waals surface area contributed by atoms with Crippen molar-refractivity contribution in [3.63, 3.8) is 0 Å². The number of rotatable bonds is 5. The van der Waals surface area contributed by atoms with Crippen molar-refractivity contribution < 1.29 is 9.15 Å². The molecule has 0 amide bonds. The number of nitrogens with one attached hydrogen (secondary N) is 1. The Morgan fingerprint density at radius 2 is 1.57 bits per heavy atom. The SMILES string of the molecule is Cc1ccc(CNc2ccc(Oc3ccccc3)cc2)o1. The fourth-order valence-corrected chi connectivity index (χ4v) is 2.03. The van der Waals surface area contributed by atoms with Crippen LogP contribution in [0.25, 0.3) is 0 Å². The van der Waals surface area contributed by atoms with Crippen molar-refractivity contribution in [2.45, 2.75) is 13.5 Å². The highest BCUT2D eigenvalue weighted by Crippen LogP contribution is 2.22. The average Bonchev–Trinajstić information content (AvgIpc) is 2.93. The Morgan fingerprint density at radius 3 is 2.24 bits per heavy atom. The summed E-state index contributed by atoms with van der Waals surface area (Å²) >= 11 is 0. The van der Waals surface area contributed by atoms with Gasteiger partial charge in [0.1, 0.15) is 23.0 Å². The molecule has 1 aromatic heterocycles. The van der Waals surface area contributed by atoms with Gasteiger partial charge in [0.05, 0.1) is 6.54 Å². The largest absolute Gasteiger partial charge is 0.465 e. The molecule has 0 unspecified atom stereocenters. The van der Waals surface area contributed by atoms with E-state index in [-0.39, 0.29) is 0 Å². The van der Waals surface area contributed by atoms with Gasteiger partial charge in [-0.15, -0.1) is 0 Å². The fourth-order valence-electron chi connectivity index (χ4n) is 2.03. The van der Waals surface area contributed by atoms with Gasteiger partial charge in [0.25, 0.3) is 0 Å². The standard InChI is InChI=1S/C18H17NO2/c1-14-7-10-18(20-14)13-19-15-8-11-17(12-9-15)21-16-5-3-2-4-6-16/h2-12,19H,13H2,1H3. The smallest absolute Gasteiger partial charge is 0.127 e. The van der Waals surface area contributed by atoms with E-state index in [4.69, 9.17) is 9.15 Å². The van der Waals surface area contributed by atoms with Crippen molar-refractivity contribution >= 4 is 5.69 Å². The zero-order valence-corrected chi connectivity index (χ0v) is 11.9. The fraction of sp³-hybridized carbons (Fsp3) is 0.111. The Morgan fingerprint density at radius 1 is 0.857 bits per heavy atom. The monoisotopic (exact) mass is 279 g/mol. The molecule has 2 aromatic carbocycles. The van der Waals surface area contributed by atoms with Crippen LogP contribution in [0.3, 0.4) is 0 Å². The first kappa shape index (κ1) is 13.3. The van der Waals surface area contributed by atoms with Crippen molar-refractivity contribution in [3.05, 3.63) is 78.3 Å². The predicted octanol–water partition coefficient (Wildman–Crippen LogP) is 4.99. The third-order valence-electron chi connectivity index (χ3n) is 3.10. The van der Waals surface area contributed by atoms with E-state index < -0.39 is 0 Å². The molecule has 1 N–H and O–H groups in total. The Labute approximate surface area is 124 Å². The number of para-hydroxylation sites is 1. The molecule has 3 aromatic rings. The summed E-state index contributed by atoms with van der Waals surface area (Å²) in [4.78, 5) is 0. The topological polar surface area (TPSA) is 34.4 Å². The summed E-state index contributed by atoms with van der Waals surface area (Å²) in [6.07, 6.45) is 0. The van der Waals surface area contributed by atoms with Crippen LogP contribution in [-0.2, 0) is 6.54 Å². The molecule has 3 rings (SSSR count). The van der Waals surface area contributed by atoms with Crippen LogP contribution in [0.1, 0.15) is 11.5 Å². The number of anilines is 1. The van der Waals surface area contributed by atoms with Crippen LogP contribution < -0.4 is 10.1 Å². The molecule has 1 heterocycles. The first-order valence-corrected chi connectivity index (χ1v) is 6.92. The van der Waals surface area contributed by atoms with E-state index in [9.17, 15) is 0 Å². The van der Waals surface area contributed by atoms with Crippen molar-refractivity contribution in [2.75, 3.05) is 5.32 Å². The zero-order chi connectivity index (χ0) is 14.5. The molecular formula is C18H17NO2. The lowest BCUT2D eigenvalue weighted by Crippen LogP contribution is -1.97. The molecule has 0 saturated heterocycles. The van der Waals surface area contributed by atoms with Crippen LogP contribution in [-0.4, -0.2) is 0 Å². The molecule has 0 bridgehead atoms. The predicted molar refractivity (Wildman–Crippen MR) is 83.7 cm³/mol. The van der Waals surface area contributed by atoms with Crippen molar-refractivity contribution in [1.29, 1.82) is 0 Å². The summed E-state index contributed by atoms with van der Waals surface area (Å²) in [5.41, 5.74) is 1.03. The van der Waals surface area contributed by atoms with Gasteiger partial charge in [-0.1, -0.05) is 18.2 Å². The number of hydrogen-bond acceptors (Lipinski definition) is 3. The van der Waals surface area contributed by atoms with E-state index in [0.29, 0.717) is 6.54 Å². The van der Waals surface area contributed by atoms with E-state index in [1.165, 1.54) is 0 Å². The Bertz CT molecular complexity index is 687. The maximum atomic E-state index is 5.75. The summed E-state index contributed by atoms with van der Waals surface area (Å²) in [7, 11) is 0. The normalized spacial score (nSPS) is 10.3. The maximum absolute atomic E-state index is 5.75. The van der Waals surface area contributed by atoms with Crippen LogP contribution in [0, 0.1) is 6.92 Å². The molecule has 0 aliphatic rings. The third-order valence-corrected chi connectivity index (χ3v) is 3.10. The highest BCUT2D eigenvalue weighted by Gasteiger charge is 2.00. The second-order valence-electron chi connectivity index (χ2n) is 4.81. The minimum absolute atomic E-state index is 0.673. The summed E-state index contributed by atoms with van der Waals surface area (Å²) in [6.45, 7) is 2.62. The molecular weight excluding hydrogens is 262 g/mol. The quantitative estimate of drug-likeness (QED) is 0.714. The molecule has 0 aliphatic heterocycles. The van der Waals surface area contributed by atoms with Gasteiger partial charge >= 0.3 is 0 Å². The minimum atomic E-state index is 0.673. The first-order valence-electron chi connectivity index (χ1n) is 6.92. The minimum Gasteiger partial charge on any atom is -0.465 e. The van der Waals surface area contributed by atoms with Crippen LogP contribution >= 0.6 is 0 Å². The van der Waals surface area contributed by atoms with Crippen molar-refractivity contribution in [1.82, 2.24) is 0 Å². The Kier molecular flexibility index (Phi) is 3.92. The van der Waals surface area contributed by atoms with Gasteiger partial charge in [-0.05, 0) is 55.5 Å². The molecule has 3 heteroatoms. The number of benzene rings is 2. The lowest BCUT2D eigenvalue weighted by atomic mass is 10.3. The highest BCUT2D eigenvalue weighted by molar-refractivity contribution is 5.47. The Hall–Kier alpha value is -2.68. The zero-order valence-electron chi connectivity index (χ0n) is 11.9. The van der Waals surface area contributed by atoms with Crippen molar-refractivity contribution in [3.8, 4) is 11.5 Å². The molecule has 106 valence electrons. The second kappa shape index (κ2) is 6.18. The van der Waals surface area contributed by atoms with Gasteiger partial charge in [0.15, 0.2) is 0 Å². The van der Waals surface area contributed by atoms with Crippen LogP contribution in [0.4, 0.5) is 5.69 Å². The maximum Gasteiger partial charge on any atom is 0.127 e. The molecule has 0 aliphatic carbocycles. The van der Waals surface area contributed by atoms with E-state index in [0.717, 1.165) is 28.7 Å². The van der Waals surface area contributed by atoms with Crippen LogP contribution in [0.5, 0.6) is 11.5 Å². The van der Waals surface area contributed by atoms with E-state index in [1.54, 1.807) is 0 Å². The van der Waals surface area contributed by atoms with Crippen LogP contribution in [0.15, 0.2) is 71.1 Å². The molecule has 0 radical (unpaired) electrons. The molecule has 3 nitrogen and oxygen atoms in total. The first-order chi connectivity index (χ1) is 10.3. The molecule has 0 fully saturated rings. The molecule has 21 heavy (non-hydrogen) atoms. The number of aryl methyl sites for hydroxylation is 1. The number of hydrogen-bond donors (Lipinski definition) is 1. The van der Waals surface area contributed by atoms with Gasteiger partial charge < -0.3 is 14.5 Å². The van der Waals surface area contributed by atoms with Crippen LogP contribution in [0.2, 0.25) is 0 Å². The third kappa shape index (κ3) is 3.66. The van der Waals surface area contributed by atoms with E-state index >= 15 is 0 Å². The summed E-state index contributed by atoms with van der Waals surface area (Å²) < 4.78 is 11.3. The van der Waals surface area contributed by atoms with Gasteiger partial charge in [0, 0.05) is 5.69 Å². The summed E-state index contributed by atoms with van der Waals surface area (Å²) in [6, 6.07) is 21.6. The lowest BCUT2D eigenvalue weighted by Gasteiger charge is -2.08. The summed E-state index contributed by atoms with van der Waals surface area (Å²) in [5.74, 6) is 3.51. The summed E-state index contributed by atoms with van der Waals surface area (Å²) in [5, 5.41) is 3.32. The van der Waals surface area contributed by atoms with Gasteiger partial charge in [-0.25, -0.2) is 0 Å². The van der Waals surface area contributed by atoms with Gasteiger partial charge in [-0.2, -0.15) is 0 Å². The molecule has 0 atom stereocenters. The van der Waals surface area contributed by atoms with Crippen molar-refractivity contribution in [2.24, 2.45) is 0 Å². The highest BCUT2D eigenvalue weighted by atomic mass is 16.5. The number of furan rings is 1. The van der Waals surface area contributed by atoms with Gasteiger partial charge in [0.2, 0.25) is 0 Å². The van der Waals surface area contributed by atoms with E-state index in [2.05, 4.69) is 5.32 Å². The lowest BCUT2D eigenvalue weighted by molar-refractivity contribution is 0.482. The second-order valence-corrected chi connectivity index (χ2v) is 4.81. The Balaban J connectivity index is 1.59.